The van der Waals surface area contributed by atoms with Gasteiger partial charge in [-0.15, -0.1) is 0 Å². The zero-order valence-corrected chi connectivity index (χ0v) is 13.4. The summed E-state index contributed by atoms with van der Waals surface area (Å²) in [7, 11) is 0. The van der Waals surface area contributed by atoms with Crippen molar-refractivity contribution in [2.24, 2.45) is 0 Å². The number of rotatable bonds is 4. The molecule has 1 aliphatic rings. The van der Waals surface area contributed by atoms with E-state index < -0.39 is 0 Å². The van der Waals surface area contributed by atoms with E-state index in [1.165, 1.54) is 0 Å². The first-order chi connectivity index (χ1) is 10.5. The van der Waals surface area contributed by atoms with Crippen LogP contribution in [-0.4, -0.2) is 21.9 Å². The van der Waals surface area contributed by atoms with Crippen LogP contribution < -0.4 is 10.6 Å². The van der Waals surface area contributed by atoms with Gasteiger partial charge in [-0.3, -0.25) is 4.79 Å². The van der Waals surface area contributed by atoms with E-state index in [0.29, 0.717) is 33.1 Å². The molecule has 2 aromatic rings. The summed E-state index contributed by atoms with van der Waals surface area (Å²) in [5.41, 5.74) is 1.00. The molecular formula is C15H14Cl2N4O. The molecule has 3 rings (SSSR count). The van der Waals surface area contributed by atoms with E-state index in [0.717, 1.165) is 12.8 Å². The molecule has 114 valence electrons. The van der Waals surface area contributed by atoms with Gasteiger partial charge < -0.3 is 10.6 Å². The normalized spacial score (nSPS) is 13.8. The van der Waals surface area contributed by atoms with Crippen molar-refractivity contribution in [1.82, 2.24) is 15.3 Å². The summed E-state index contributed by atoms with van der Waals surface area (Å²) >= 11 is 12.0. The van der Waals surface area contributed by atoms with Gasteiger partial charge in [-0.2, -0.15) is 0 Å². The number of halogens is 2. The fourth-order valence-corrected chi connectivity index (χ4v) is 2.42. The summed E-state index contributed by atoms with van der Waals surface area (Å²) in [4.78, 5) is 20.5. The van der Waals surface area contributed by atoms with E-state index >= 15 is 0 Å². The minimum atomic E-state index is -0.182. The Bertz CT molecular complexity index is 731. The largest absolute Gasteiger partial charge is 0.348 e. The van der Waals surface area contributed by atoms with Crippen LogP contribution in [0.5, 0.6) is 0 Å². The molecule has 5 nitrogen and oxygen atoms in total. The second kappa shape index (κ2) is 6.10. The summed E-state index contributed by atoms with van der Waals surface area (Å²) in [6.45, 7) is 1.74. The van der Waals surface area contributed by atoms with Crippen LogP contribution in [0.4, 0.5) is 11.5 Å². The fourth-order valence-electron chi connectivity index (χ4n) is 1.96. The Morgan fingerprint density at radius 3 is 2.68 bits per heavy atom. The van der Waals surface area contributed by atoms with Gasteiger partial charge in [-0.25, -0.2) is 9.97 Å². The monoisotopic (exact) mass is 336 g/mol. The number of carbonyl (C=O) groups excluding carboxylic acids is 1. The molecule has 1 saturated carbocycles. The average molecular weight is 337 g/mol. The third kappa shape index (κ3) is 3.67. The minimum Gasteiger partial charge on any atom is -0.348 e. The first-order valence-electron chi connectivity index (χ1n) is 6.90. The molecule has 1 fully saturated rings. The van der Waals surface area contributed by atoms with Crippen molar-refractivity contribution in [1.29, 1.82) is 0 Å². The second-order valence-electron chi connectivity index (χ2n) is 5.18. The summed E-state index contributed by atoms with van der Waals surface area (Å²) < 4.78 is 0. The van der Waals surface area contributed by atoms with E-state index in [1.807, 2.05) is 0 Å². The van der Waals surface area contributed by atoms with Crippen LogP contribution in [0.2, 0.25) is 10.0 Å². The molecule has 0 atom stereocenters. The number of aromatic nitrogens is 2. The Morgan fingerprint density at radius 2 is 2.00 bits per heavy atom. The quantitative estimate of drug-likeness (QED) is 0.892. The average Bonchev–Trinajstić information content (AvgIpc) is 3.25. The molecule has 1 heterocycles. The number of carbonyl (C=O) groups is 1. The summed E-state index contributed by atoms with van der Waals surface area (Å²) in [5.74, 6) is 0.840. The lowest BCUT2D eigenvalue weighted by molar-refractivity contribution is 0.0945. The molecule has 7 heteroatoms. The third-order valence-electron chi connectivity index (χ3n) is 3.18. The predicted octanol–water partition coefficient (Wildman–Crippen LogP) is 3.73. The molecule has 0 radical (unpaired) electrons. The first kappa shape index (κ1) is 15.1. The molecule has 0 spiro atoms. The third-order valence-corrected chi connectivity index (χ3v) is 3.72. The molecule has 0 aliphatic heterocycles. The highest BCUT2D eigenvalue weighted by Gasteiger charge is 2.24. The summed E-state index contributed by atoms with van der Waals surface area (Å²) in [6.07, 6.45) is 2.06. The Kier molecular flexibility index (Phi) is 4.18. The van der Waals surface area contributed by atoms with Crippen LogP contribution in [0.25, 0.3) is 0 Å². The van der Waals surface area contributed by atoms with Gasteiger partial charge in [0.2, 0.25) is 0 Å². The minimum absolute atomic E-state index is 0.182. The zero-order chi connectivity index (χ0) is 15.7. The van der Waals surface area contributed by atoms with Crippen molar-refractivity contribution in [3.8, 4) is 0 Å². The topological polar surface area (TPSA) is 66.9 Å². The van der Waals surface area contributed by atoms with Gasteiger partial charge in [0.05, 0.1) is 10.7 Å². The number of nitrogens with one attached hydrogen (secondary N) is 2. The Hall–Kier alpha value is -1.85. The fraction of sp³-hybridized carbons (Fsp3) is 0.267. The van der Waals surface area contributed by atoms with Gasteiger partial charge >= 0.3 is 0 Å². The smallest absolute Gasteiger partial charge is 0.270 e. The van der Waals surface area contributed by atoms with Crippen molar-refractivity contribution in [3.63, 3.8) is 0 Å². The maximum absolute atomic E-state index is 12.1. The summed E-state index contributed by atoms with van der Waals surface area (Å²) in [5, 5.41) is 7.02. The Labute approximate surface area is 138 Å². The molecule has 1 aliphatic carbocycles. The van der Waals surface area contributed by atoms with Crippen LogP contribution in [0.15, 0.2) is 24.3 Å². The lowest BCUT2D eigenvalue weighted by atomic mass is 10.3. The van der Waals surface area contributed by atoms with Crippen molar-refractivity contribution in [3.05, 3.63) is 45.8 Å². The molecule has 0 unspecified atom stereocenters. The van der Waals surface area contributed by atoms with Gasteiger partial charge in [0.25, 0.3) is 5.91 Å². The van der Waals surface area contributed by atoms with Gasteiger partial charge in [-0.1, -0.05) is 23.2 Å². The molecule has 22 heavy (non-hydrogen) atoms. The first-order valence-corrected chi connectivity index (χ1v) is 7.65. The highest BCUT2D eigenvalue weighted by molar-refractivity contribution is 6.36. The molecule has 1 aromatic carbocycles. The van der Waals surface area contributed by atoms with E-state index in [9.17, 15) is 4.79 Å². The van der Waals surface area contributed by atoms with Crippen LogP contribution in [0, 0.1) is 6.92 Å². The molecular weight excluding hydrogens is 323 g/mol. The maximum Gasteiger partial charge on any atom is 0.270 e. The number of nitrogens with zero attached hydrogens (tertiary/aromatic N) is 2. The molecule has 0 bridgehead atoms. The van der Waals surface area contributed by atoms with E-state index in [2.05, 4.69) is 20.6 Å². The van der Waals surface area contributed by atoms with Crippen molar-refractivity contribution in [2.45, 2.75) is 25.8 Å². The van der Waals surface area contributed by atoms with Gasteiger partial charge in [-0.05, 0) is 38.0 Å². The second-order valence-corrected chi connectivity index (χ2v) is 6.03. The SMILES string of the molecule is Cc1nc(Nc2ccc(Cl)cc2Cl)cc(C(=O)NC2CC2)n1. The predicted molar refractivity (Wildman–Crippen MR) is 87.0 cm³/mol. The Morgan fingerprint density at radius 1 is 1.23 bits per heavy atom. The van der Waals surface area contributed by atoms with Crippen molar-refractivity contribution in [2.75, 3.05) is 5.32 Å². The van der Waals surface area contributed by atoms with E-state index in [4.69, 9.17) is 23.2 Å². The molecule has 0 saturated heterocycles. The number of anilines is 2. The number of hydrogen-bond acceptors (Lipinski definition) is 4. The van der Waals surface area contributed by atoms with Crippen LogP contribution >= 0.6 is 23.2 Å². The number of amides is 1. The maximum atomic E-state index is 12.1. The molecule has 1 amide bonds. The Balaban J connectivity index is 1.83. The zero-order valence-electron chi connectivity index (χ0n) is 11.9. The highest BCUT2D eigenvalue weighted by Crippen LogP contribution is 2.28. The number of hydrogen-bond donors (Lipinski definition) is 2. The highest BCUT2D eigenvalue weighted by atomic mass is 35.5. The van der Waals surface area contributed by atoms with E-state index in [-0.39, 0.29) is 11.9 Å². The number of aryl methyl sites for hydroxylation is 1. The lowest BCUT2D eigenvalue weighted by Gasteiger charge is -2.10. The van der Waals surface area contributed by atoms with Crippen LogP contribution in [0.1, 0.15) is 29.2 Å². The van der Waals surface area contributed by atoms with E-state index in [1.54, 1.807) is 31.2 Å². The van der Waals surface area contributed by atoms with Gasteiger partial charge in [0, 0.05) is 17.1 Å². The van der Waals surface area contributed by atoms with Gasteiger partial charge in [0.15, 0.2) is 0 Å². The standard InChI is InChI=1S/C15H14Cl2N4O/c1-8-18-13(15(22)20-10-3-4-10)7-14(19-8)21-12-5-2-9(16)6-11(12)17/h2,5-7,10H,3-4H2,1H3,(H,20,22)(H,18,19,21). The van der Waals surface area contributed by atoms with Gasteiger partial charge in [0.1, 0.15) is 17.3 Å². The molecule has 1 aromatic heterocycles. The summed E-state index contributed by atoms with van der Waals surface area (Å²) in [6, 6.07) is 7.01. The van der Waals surface area contributed by atoms with Crippen molar-refractivity contribution < 1.29 is 4.79 Å². The van der Waals surface area contributed by atoms with Crippen LogP contribution in [-0.2, 0) is 0 Å². The number of benzene rings is 1. The lowest BCUT2D eigenvalue weighted by Crippen LogP contribution is -2.26. The van der Waals surface area contributed by atoms with Crippen molar-refractivity contribution >= 4 is 40.6 Å². The van der Waals surface area contributed by atoms with Crippen LogP contribution in [0.3, 0.4) is 0 Å². The molecule has 2 N–H and O–H groups in total.